The maximum absolute atomic E-state index is 15.5. The normalized spacial score (nSPS) is 33.8. The highest BCUT2D eigenvalue weighted by Gasteiger charge is 2.83. The highest BCUT2D eigenvalue weighted by Crippen LogP contribution is 2.81. The summed E-state index contributed by atoms with van der Waals surface area (Å²) in [5.41, 5.74) is 8.07. The van der Waals surface area contributed by atoms with Crippen LogP contribution in [0, 0.1) is 34.3 Å². The van der Waals surface area contributed by atoms with Gasteiger partial charge in [-0.25, -0.2) is 8.78 Å². The van der Waals surface area contributed by atoms with E-state index in [1.807, 2.05) is 12.2 Å². The topological polar surface area (TPSA) is 89.4 Å². The second kappa shape index (κ2) is 7.87. The van der Waals surface area contributed by atoms with Crippen molar-refractivity contribution in [3.8, 4) is 0 Å². The lowest BCUT2D eigenvalue weighted by atomic mass is 9.52. The zero-order valence-corrected chi connectivity index (χ0v) is 20.2. The van der Waals surface area contributed by atoms with E-state index in [1.54, 1.807) is 0 Å². The van der Waals surface area contributed by atoms with Crippen LogP contribution >= 0.6 is 15.9 Å². The minimum absolute atomic E-state index is 0.219. The fourth-order valence-corrected chi connectivity index (χ4v) is 8.08. The molecule has 0 aromatic heterocycles. The van der Waals surface area contributed by atoms with Crippen LogP contribution in [0.15, 0.2) is 28.8 Å². The minimum atomic E-state index is -1.85. The number of likely N-dealkylation sites (tertiary alicyclic amines) is 1. The second-order valence-electron chi connectivity index (χ2n) is 10.3. The number of hydrogen-bond acceptors (Lipinski definition) is 3. The Kier molecular flexibility index (Phi) is 5.48. The summed E-state index contributed by atoms with van der Waals surface area (Å²) in [5, 5.41) is 0. The lowest BCUT2D eigenvalue weighted by Crippen LogP contribution is -2.62. The summed E-state index contributed by atoms with van der Waals surface area (Å²) < 4.78 is 31.2. The van der Waals surface area contributed by atoms with E-state index in [9.17, 15) is 9.59 Å². The van der Waals surface area contributed by atoms with Crippen LogP contribution in [0.3, 0.4) is 0 Å². The number of amides is 2. The molecular weight excluding hydrogens is 492 g/mol. The molecule has 0 unspecified atom stereocenters. The summed E-state index contributed by atoms with van der Waals surface area (Å²) in [6.45, 7) is 3.03. The molecule has 5 nitrogen and oxygen atoms in total. The van der Waals surface area contributed by atoms with E-state index in [2.05, 4.69) is 20.8 Å². The van der Waals surface area contributed by atoms with E-state index in [0.29, 0.717) is 6.42 Å². The Balaban J connectivity index is 1.63. The summed E-state index contributed by atoms with van der Waals surface area (Å²) in [7, 11) is 0. The maximum atomic E-state index is 15.5. The van der Waals surface area contributed by atoms with Crippen molar-refractivity contribution in [1.29, 1.82) is 0 Å². The minimum Gasteiger partial charge on any atom is -0.369 e. The van der Waals surface area contributed by atoms with Gasteiger partial charge in [0.1, 0.15) is 17.0 Å². The molecule has 8 heteroatoms. The van der Waals surface area contributed by atoms with E-state index in [4.69, 9.17) is 11.5 Å². The molecule has 2 saturated carbocycles. The summed E-state index contributed by atoms with van der Waals surface area (Å²) in [6.07, 6.45) is 9.49. The molecule has 0 radical (unpaired) electrons. The molecule has 3 aliphatic carbocycles. The van der Waals surface area contributed by atoms with Gasteiger partial charge in [0.25, 0.3) is 0 Å². The van der Waals surface area contributed by atoms with Gasteiger partial charge in [0, 0.05) is 16.0 Å². The average molecular weight is 522 g/mol. The monoisotopic (exact) mass is 521 g/mol. The van der Waals surface area contributed by atoms with Gasteiger partial charge in [-0.15, -0.1) is 0 Å². The standard InChI is InChI=1S/C25H30BrF2N3O2/c26-15-13-16(27)20(17(28)14-15)25(22(30)33)19-6-5-18(23(19)8-9-23)24(25,21(29)32)7-1-2-10-31-11-3-4-12-31/h5-6,13-14,18-19H,1-4,7-12H2,(H2,29,32)(H2,30,33)/t18-,19+,24+,25-/m1/s1. The summed E-state index contributed by atoms with van der Waals surface area (Å²) in [6, 6.07) is 2.27. The highest BCUT2D eigenvalue weighted by atomic mass is 79.9. The Labute approximate surface area is 201 Å². The van der Waals surface area contributed by atoms with Crippen LogP contribution in [0.1, 0.15) is 50.5 Å². The first-order chi connectivity index (χ1) is 15.7. The lowest BCUT2D eigenvalue weighted by molar-refractivity contribution is -0.144. The van der Waals surface area contributed by atoms with Crippen molar-refractivity contribution in [1.82, 2.24) is 4.90 Å². The van der Waals surface area contributed by atoms with Crippen LogP contribution in [0.5, 0.6) is 0 Å². The van der Waals surface area contributed by atoms with Crippen LogP contribution in [0.25, 0.3) is 0 Å². The quantitative estimate of drug-likeness (QED) is 0.402. The van der Waals surface area contributed by atoms with Crippen molar-refractivity contribution >= 4 is 27.7 Å². The second-order valence-corrected chi connectivity index (χ2v) is 11.2. The Bertz CT molecular complexity index is 1010. The van der Waals surface area contributed by atoms with Gasteiger partial charge in [-0.05, 0) is 81.6 Å². The van der Waals surface area contributed by atoms with Crippen molar-refractivity contribution in [2.75, 3.05) is 19.6 Å². The molecule has 1 aromatic carbocycles. The van der Waals surface area contributed by atoms with Crippen LogP contribution in [0.2, 0.25) is 0 Å². The molecule has 1 aromatic rings. The van der Waals surface area contributed by atoms with Crippen LogP contribution in [-0.4, -0.2) is 36.3 Å². The predicted octanol–water partition coefficient (Wildman–Crippen LogP) is 3.78. The third kappa shape index (κ3) is 2.95. The molecule has 2 amide bonds. The van der Waals surface area contributed by atoms with Gasteiger partial charge in [0.2, 0.25) is 11.8 Å². The Morgan fingerprint density at radius 2 is 1.61 bits per heavy atom. The molecular formula is C25H30BrF2N3O2. The SMILES string of the molecule is NC(=O)[C@]1(c2c(F)cc(Br)cc2F)[C@H]2C=C[C@H](C23CC3)[C@@]1(CCCCN1CCCC1)C(N)=O. The van der Waals surface area contributed by atoms with Crippen molar-refractivity contribution in [2.24, 2.45) is 34.1 Å². The van der Waals surface area contributed by atoms with Gasteiger partial charge < -0.3 is 16.4 Å². The lowest BCUT2D eigenvalue weighted by Gasteiger charge is -2.48. The zero-order chi connectivity index (χ0) is 23.6. The number of carbonyl (C=O) groups excluding carboxylic acids is 2. The predicted molar refractivity (Wildman–Crippen MR) is 124 cm³/mol. The molecule has 33 heavy (non-hydrogen) atoms. The molecule has 1 spiro atoms. The number of carbonyl (C=O) groups is 2. The van der Waals surface area contributed by atoms with Crippen molar-refractivity contribution in [3.63, 3.8) is 0 Å². The number of hydrogen-bond donors (Lipinski definition) is 2. The Morgan fingerprint density at radius 3 is 2.15 bits per heavy atom. The smallest absolute Gasteiger partial charge is 0.230 e. The molecule has 3 fully saturated rings. The molecule has 4 N–H and O–H groups in total. The largest absolute Gasteiger partial charge is 0.369 e. The van der Waals surface area contributed by atoms with Crippen LogP contribution < -0.4 is 11.5 Å². The highest BCUT2D eigenvalue weighted by molar-refractivity contribution is 9.10. The molecule has 5 rings (SSSR count). The molecule has 4 atom stereocenters. The average Bonchev–Trinajstić information content (AvgIpc) is 3.10. The van der Waals surface area contributed by atoms with Gasteiger partial charge >= 0.3 is 0 Å². The number of benzene rings is 1. The zero-order valence-electron chi connectivity index (χ0n) is 18.6. The first-order valence-corrected chi connectivity index (χ1v) is 12.7. The number of allylic oxidation sites excluding steroid dienone is 2. The van der Waals surface area contributed by atoms with E-state index in [-0.39, 0.29) is 22.2 Å². The number of halogens is 3. The third-order valence-corrected chi connectivity index (χ3v) is 9.44. The summed E-state index contributed by atoms with van der Waals surface area (Å²) in [5.74, 6) is -4.21. The van der Waals surface area contributed by atoms with Gasteiger partial charge in [-0.2, -0.15) is 0 Å². The Hall–Kier alpha value is -1.80. The maximum Gasteiger partial charge on any atom is 0.230 e. The van der Waals surface area contributed by atoms with E-state index in [1.165, 1.54) is 12.8 Å². The molecule has 2 bridgehead atoms. The van der Waals surface area contributed by atoms with E-state index in [0.717, 1.165) is 51.0 Å². The van der Waals surface area contributed by atoms with Crippen molar-refractivity contribution in [3.05, 3.63) is 46.0 Å². The van der Waals surface area contributed by atoms with Gasteiger partial charge in [-0.1, -0.05) is 34.5 Å². The van der Waals surface area contributed by atoms with Crippen LogP contribution in [0.4, 0.5) is 8.78 Å². The molecule has 1 heterocycles. The van der Waals surface area contributed by atoms with E-state index < -0.39 is 45.8 Å². The number of unbranched alkanes of at least 4 members (excludes halogenated alkanes) is 1. The fraction of sp³-hybridized carbons (Fsp3) is 0.600. The number of nitrogens with two attached hydrogens (primary N) is 2. The van der Waals surface area contributed by atoms with Gasteiger partial charge in [0.15, 0.2) is 0 Å². The van der Waals surface area contributed by atoms with Crippen molar-refractivity contribution in [2.45, 2.75) is 50.4 Å². The van der Waals surface area contributed by atoms with Crippen LogP contribution in [-0.2, 0) is 15.0 Å². The van der Waals surface area contributed by atoms with Gasteiger partial charge in [0.05, 0.1) is 5.41 Å². The first kappa shape index (κ1) is 23.0. The Morgan fingerprint density at radius 1 is 1.00 bits per heavy atom. The number of primary amides is 2. The number of nitrogens with zero attached hydrogens (tertiary/aromatic N) is 1. The van der Waals surface area contributed by atoms with E-state index >= 15 is 8.78 Å². The summed E-state index contributed by atoms with van der Waals surface area (Å²) >= 11 is 3.12. The fourth-order valence-electron chi connectivity index (χ4n) is 7.68. The van der Waals surface area contributed by atoms with Crippen molar-refractivity contribution < 1.29 is 18.4 Å². The molecule has 1 saturated heterocycles. The molecule has 1 aliphatic heterocycles. The third-order valence-electron chi connectivity index (χ3n) is 8.99. The number of rotatable bonds is 8. The summed E-state index contributed by atoms with van der Waals surface area (Å²) in [4.78, 5) is 29.2. The van der Waals surface area contributed by atoms with Gasteiger partial charge in [-0.3, -0.25) is 9.59 Å². The first-order valence-electron chi connectivity index (χ1n) is 11.9. The molecule has 178 valence electrons. The molecule has 4 aliphatic rings.